The first-order chi connectivity index (χ1) is 11.6. The molecule has 1 N–H and O–H groups in total. The SMILES string of the molecule is CC(C(=O)Nc1ccc2nnc(C3CCC3)n2c1)c1ccc(Cl)s1. The molecule has 0 spiro atoms. The number of carbonyl (C=O) groups excluding carboxylic acids is 1. The molecule has 7 heteroatoms. The molecule has 0 aliphatic heterocycles. The van der Waals surface area contributed by atoms with E-state index in [1.807, 2.05) is 41.8 Å². The summed E-state index contributed by atoms with van der Waals surface area (Å²) >= 11 is 7.39. The van der Waals surface area contributed by atoms with Crippen LogP contribution in [-0.2, 0) is 4.79 Å². The van der Waals surface area contributed by atoms with E-state index in [9.17, 15) is 4.79 Å². The molecule has 0 saturated heterocycles. The van der Waals surface area contributed by atoms with Crippen LogP contribution in [0.3, 0.4) is 0 Å². The van der Waals surface area contributed by atoms with Crippen LogP contribution in [0.5, 0.6) is 0 Å². The number of pyridine rings is 1. The van der Waals surface area contributed by atoms with Crippen molar-refractivity contribution in [3.63, 3.8) is 0 Å². The van der Waals surface area contributed by atoms with E-state index >= 15 is 0 Å². The molecule has 1 aliphatic rings. The Morgan fingerprint density at radius 1 is 1.33 bits per heavy atom. The average molecular weight is 361 g/mol. The molecule has 0 bridgehead atoms. The van der Waals surface area contributed by atoms with Crippen LogP contribution in [0.25, 0.3) is 5.65 Å². The van der Waals surface area contributed by atoms with Crippen molar-refractivity contribution in [1.82, 2.24) is 14.6 Å². The lowest BCUT2D eigenvalue weighted by molar-refractivity contribution is -0.117. The Hall–Kier alpha value is -1.92. The van der Waals surface area contributed by atoms with Gasteiger partial charge in [0, 0.05) is 17.0 Å². The van der Waals surface area contributed by atoms with Gasteiger partial charge in [0.1, 0.15) is 5.82 Å². The Kier molecular flexibility index (Phi) is 4.02. The fourth-order valence-electron chi connectivity index (χ4n) is 2.87. The van der Waals surface area contributed by atoms with Crippen molar-refractivity contribution in [2.75, 3.05) is 5.32 Å². The molecule has 1 saturated carbocycles. The van der Waals surface area contributed by atoms with Gasteiger partial charge in [0.25, 0.3) is 0 Å². The molecule has 4 rings (SSSR count). The highest BCUT2D eigenvalue weighted by molar-refractivity contribution is 7.16. The highest BCUT2D eigenvalue weighted by atomic mass is 35.5. The van der Waals surface area contributed by atoms with E-state index < -0.39 is 0 Å². The summed E-state index contributed by atoms with van der Waals surface area (Å²) in [7, 11) is 0. The molecule has 1 aliphatic carbocycles. The summed E-state index contributed by atoms with van der Waals surface area (Å²) in [6.07, 6.45) is 5.48. The molecule has 1 unspecified atom stereocenters. The van der Waals surface area contributed by atoms with Crippen LogP contribution in [-0.4, -0.2) is 20.5 Å². The first kappa shape index (κ1) is 15.6. The zero-order valence-corrected chi connectivity index (χ0v) is 14.8. The number of rotatable bonds is 4. The van der Waals surface area contributed by atoms with Gasteiger partial charge in [-0.25, -0.2) is 0 Å². The van der Waals surface area contributed by atoms with E-state index in [0.29, 0.717) is 10.3 Å². The van der Waals surface area contributed by atoms with Crippen molar-refractivity contribution < 1.29 is 4.79 Å². The molecular weight excluding hydrogens is 344 g/mol. The normalized spacial score (nSPS) is 16.1. The Morgan fingerprint density at radius 2 is 2.17 bits per heavy atom. The van der Waals surface area contributed by atoms with Gasteiger partial charge in [0.15, 0.2) is 5.65 Å². The van der Waals surface area contributed by atoms with Crippen molar-refractivity contribution in [1.29, 1.82) is 0 Å². The van der Waals surface area contributed by atoms with Crippen molar-refractivity contribution >= 4 is 40.2 Å². The van der Waals surface area contributed by atoms with Crippen LogP contribution in [0, 0.1) is 0 Å². The third-order valence-corrected chi connectivity index (χ3v) is 5.99. The van der Waals surface area contributed by atoms with Gasteiger partial charge < -0.3 is 5.32 Å². The first-order valence-electron chi connectivity index (χ1n) is 8.02. The molecule has 0 radical (unpaired) electrons. The Balaban J connectivity index is 1.56. The van der Waals surface area contributed by atoms with Gasteiger partial charge in [0.05, 0.1) is 15.9 Å². The van der Waals surface area contributed by atoms with Gasteiger partial charge in [-0.3, -0.25) is 9.20 Å². The summed E-state index contributed by atoms with van der Waals surface area (Å²) < 4.78 is 2.69. The van der Waals surface area contributed by atoms with E-state index in [-0.39, 0.29) is 11.8 Å². The number of carbonyl (C=O) groups is 1. The highest BCUT2D eigenvalue weighted by Gasteiger charge is 2.25. The number of halogens is 1. The molecule has 24 heavy (non-hydrogen) atoms. The number of anilines is 1. The molecule has 124 valence electrons. The zero-order chi connectivity index (χ0) is 16.7. The fourth-order valence-corrected chi connectivity index (χ4v) is 3.98. The Morgan fingerprint density at radius 3 is 2.83 bits per heavy atom. The zero-order valence-electron chi connectivity index (χ0n) is 13.2. The minimum absolute atomic E-state index is 0.0499. The van der Waals surface area contributed by atoms with Crippen LogP contribution < -0.4 is 5.32 Å². The second kappa shape index (κ2) is 6.18. The lowest BCUT2D eigenvalue weighted by Crippen LogP contribution is -2.18. The van der Waals surface area contributed by atoms with Gasteiger partial charge in [-0.05, 0) is 44.0 Å². The molecule has 3 aromatic heterocycles. The Bertz CT molecular complexity index is 899. The highest BCUT2D eigenvalue weighted by Crippen LogP contribution is 2.35. The summed E-state index contributed by atoms with van der Waals surface area (Å²) in [6, 6.07) is 7.46. The maximum absolute atomic E-state index is 12.5. The van der Waals surface area contributed by atoms with E-state index in [4.69, 9.17) is 11.6 Å². The maximum atomic E-state index is 12.5. The number of hydrogen-bond donors (Lipinski definition) is 1. The minimum Gasteiger partial charge on any atom is -0.324 e. The number of thiophene rings is 1. The molecule has 1 fully saturated rings. The fraction of sp³-hybridized carbons (Fsp3) is 0.353. The predicted molar refractivity (Wildman–Crippen MR) is 96.0 cm³/mol. The Labute approximate surface area is 148 Å². The smallest absolute Gasteiger partial charge is 0.232 e. The van der Waals surface area contributed by atoms with Crippen molar-refractivity contribution in [2.45, 2.75) is 38.0 Å². The van der Waals surface area contributed by atoms with E-state index in [0.717, 1.165) is 34.9 Å². The molecule has 3 aromatic rings. The third-order valence-electron chi connectivity index (χ3n) is 4.58. The van der Waals surface area contributed by atoms with Gasteiger partial charge in [0.2, 0.25) is 5.91 Å². The number of hydrogen-bond acceptors (Lipinski definition) is 4. The standard InChI is InChI=1S/C17H17ClN4OS/c1-10(13-6-7-14(18)24-13)17(23)19-12-5-8-15-20-21-16(22(15)9-12)11-3-2-4-11/h5-11H,2-4H2,1H3,(H,19,23). The van der Waals surface area contributed by atoms with Crippen LogP contribution in [0.2, 0.25) is 4.34 Å². The molecule has 1 amide bonds. The molecule has 1 atom stereocenters. The summed E-state index contributed by atoms with van der Waals surface area (Å²) in [6.45, 7) is 1.88. The van der Waals surface area contributed by atoms with E-state index in [1.54, 1.807) is 0 Å². The molecule has 0 aromatic carbocycles. The summed E-state index contributed by atoms with van der Waals surface area (Å²) in [5.41, 5.74) is 1.57. The van der Waals surface area contributed by atoms with Gasteiger partial charge >= 0.3 is 0 Å². The van der Waals surface area contributed by atoms with Crippen molar-refractivity contribution in [3.05, 3.63) is 45.5 Å². The van der Waals surface area contributed by atoms with E-state index in [1.165, 1.54) is 17.8 Å². The second-order valence-corrected chi connectivity index (χ2v) is 7.93. The number of amides is 1. The van der Waals surface area contributed by atoms with Crippen LogP contribution >= 0.6 is 22.9 Å². The predicted octanol–water partition coefficient (Wildman–Crippen LogP) is 4.45. The maximum Gasteiger partial charge on any atom is 0.232 e. The monoisotopic (exact) mass is 360 g/mol. The lowest BCUT2D eigenvalue weighted by atomic mass is 9.85. The number of fused-ring (bicyclic) bond motifs is 1. The van der Waals surface area contributed by atoms with Gasteiger partial charge in [-0.1, -0.05) is 18.0 Å². The van der Waals surface area contributed by atoms with Gasteiger partial charge in [-0.2, -0.15) is 0 Å². The summed E-state index contributed by atoms with van der Waals surface area (Å²) in [5, 5.41) is 11.5. The third kappa shape index (κ3) is 2.80. The largest absolute Gasteiger partial charge is 0.324 e. The average Bonchev–Trinajstić information content (AvgIpc) is 3.12. The molecular formula is C17H17ClN4OS. The first-order valence-corrected chi connectivity index (χ1v) is 9.22. The minimum atomic E-state index is -0.245. The summed E-state index contributed by atoms with van der Waals surface area (Å²) in [4.78, 5) is 13.5. The number of nitrogens with zero attached hydrogens (tertiary/aromatic N) is 3. The summed E-state index contributed by atoms with van der Waals surface area (Å²) in [5.74, 6) is 1.18. The van der Waals surface area contributed by atoms with Crippen molar-refractivity contribution in [2.24, 2.45) is 0 Å². The van der Waals surface area contributed by atoms with Gasteiger partial charge in [-0.15, -0.1) is 21.5 Å². The molecule has 5 nitrogen and oxygen atoms in total. The van der Waals surface area contributed by atoms with Crippen LogP contribution in [0.4, 0.5) is 5.69 Å². The second-order valence-electron chi connectivity index (χ2n) is 6.18. The van der Waals surface area contributed by atoms with Crippen LogP contribution in [0.15, 0.2) is 30.5 Å². The van der Waals surface area contributed by atoms with Crippen molar-refractivity contribution in [3.8, 4) is 0 Å². The molecule has 3 heterocycles. The lowest BCUT2D eigenvalue weighted by Gasteiger charge is -2.23. The quantitative estimate of drug-likeness (QED) is 0.747. The number of aromatic nitrogens is 3. The number of nitrogens with one attached hydrogen (secondary N) is 1. The van der Waals surface area contributed by atoms with Crippen LogP contribution in [0.1, 0.15) is 48.7 Å². The topological polar surface area (TPSA) is 59.3 Å². The van der Waals surface area contributed by atoms with E-state index in [2.05, 4.69) is 15.5 Å².